The second-order valence-corrected chi connectivity index (χ2v) is 5.02. The van der Waals surface area contributed by atoms with Crippen molar-refractivity contribution in [2.24, 2.45) is 0 Å². The molecule has 0 radical (unpaired) electrons. The molecule has 0 aliphatic carbocycles. The molecule has 0 unspecified atom stereocenters. The van der Waals surface area contributed by atoms with Crippen molar-refractivity contribution in [2.45, 2.75) is 6.92 Å². The van der Waals surface area contributed by atoms with Crippen LogP contribution in [0.3, 0.4) is 0 Å². The first kappa shape index (κ1) is 15.2. The number of carbonyl (C=O) groups excluding carboxylic acids is 1. The third kappa shape index (κ3) is 3.56. The Kier molecular flexibility index (Phi) is 4.21. The van der Waals surface area contributed by atoms with Crippen molar-refractivity contribution in [1.82, 2.24) is 10.1 Å². The van der Waals surface area contributed by atoms with Crippen molar-refractivity contribution in [1.29, 1.82) is 5.26 Å². The topological polar surface area (TPSA) is 104 Å². The Morgan fingerprint density at radius 1 is 1.21 bits per heavy atom. The van der Waals surface area contributed by atoms with Gasteiger partial charge in [0, 0.05) is 23.6 Å². The van der Waals surface area contributed by atoms with Gasteiger partial charge in [0.15, 0.2) is 5.82 Å². The number of anilines is 3. The Bertz CT molecular complexity index is 926. The van der Waals surface area contributed by atoms with Crippen LogP contribution >= 0.6 is 0 Å². The van der Waals surface area contributed by atoms with Gasteiger partial charge in [-0.3, -0.25) is 9.78 Å². The Hall–Kier alpha value is -3.66. The van der Waals surface area contributed by atoms with Crippen molar-refractivity contribution >= 4 is 23.1 Å². The highest BCUT2D eigenvalue weighted by Crippen LogP contribution is 2.17. The van der Waals surface area contributed by atoms with Crippen molar-refractivity contribution in [2.75, 3.05) is 10.6 Å². The van der Waals surface area contributed by atoms with Crippen molar-refractivity contribution < 1.29 is 9.32 Å². The minimum atomic E-state index is -0.370. The van der Waals surface area contributed by atoms with Crippen LogP contribution < -0.4 is 10.6 Å². The largest absolute Gasteiger partial charge is 0.360 e. The van der Waals surface area contributed by atoms with Gasteiger partial charge >= 0.3 is 0 Å². The molecule has 24 heavy (non-hydrogen) atoms. The summed E-state index contributed by atoms with van der Waals surface area (Å²) in [6.45, 7) is 1.79. The second kappa shape index (κ2) is 6.62. The van der Waals surface area contributed by atoms with Crippen LogP contribution in [-0.2, 0) is 0 Å². The number of hydrogen-bond donors (Lipinski definition) is 2. The molecule has 118 valence electrons. The highest BCUT2D eigenvalue weighted by molar-refractivity contribution is 6.03. The molecular weight excluding hydrogens is 306 g/mol. The molecule has 3 rings (SSSR count). The van der Waals surface area contributed by atoms with Gasteiger partial charge in [0.05, 0.1) is 11.6 Å². The van der Waals surface area contributed by atoms with Gasteiger partial charge in [-0.2, -0.15) is 5.26 Å². The van der Waals surface area contributed by atoms with Crippen LogP contribution in [-0.4, -0.2) is 16.0 Å². The number of nitriles is 1. The van der Waals surface area contributed by atoms with Crippen LogP contribution in [0.25, 0.3) is 0 Å². The Labute approximate surface area is 137 Å². The van der Waals surface area contributed by atoms with E-state index >= 15 is 0 Å². The molecule has 0 atom stereocenters. The fraction of sp³-hybridized carbons (Fsp3) is 0.0588. The maximum Gasteiger partial charge on any atom is 0.274 e. The van der Waals surface area contributed by atoms with E-state index in [0.717, 1.165) is 0 Å². The number of benzene rings is 1. The van der Waals surface area contributed by atoms with E-state index in [2.05, 4.69) is 20.8 Å². The van der Waals surface area contributed by atoms with Gasteiger partial charge in [-0.15, -0.1) is 0 Å². The molecule has 1 amide bonds. The van der Waals surface area contributed by atoms with Gasteiger partial charge in [-0.05, 0) is 37.3 Å². The molecule has 2 aromatic heterocycles. The number of pyridine rings is 1. The van der Waals surface area contributed by atoms with Crippen LogP contribution in [0.4, 0.5) is 17.2 Å². The number of rotatable bonds is 4. The highest BCUT2D eigenvalue weighted by atomic mass is 16.5. The summed E-state index contributed by atoms with van der Waals surface area (Å²) < 4.78 is 4.98. The molecule has 1 aromatic carbocycles. The normalized spacial score (nSPS) is 10.0. The van der Waals surface area contributed by atoms with Crippen molar-refractivity contribution in [3.8, 4) is 6.07 Å². The first-order valence-corrected chi connectivity index (χ1v) is 7.12. The number of amides is 1. The number of carbonyl (C=O) groups is 1. The number of nitrogens with zero attached hydrogens (tertiary/aromatic N) is 3. The smallest absolute Gasteiger partial charge is 0.274 e. The van der Waals surface area contributed by atoms with Gasteiger partial charge < -0.3 is 15.2 Å². The van der Waals surface area contributed by atoms with Crippen LogP contribution in [0.1, 0.15) is 21.8 Å². The summed E-state index contributed by atoms with van der Waals surface area (Å²) in [4.78, 5) is 16.4. The lowest BCUT2D eigenvalue weighted by atomic mass is 10.2. The number of nitrogens with one attached hydrogen (secondary N) is 2. The molecule has 0 aliphatic rings. The van der Waals surface area contributed by atoms with Crippen LogP contribution in [0, 0.1) is 18.3 Å². The van der Waals surface area contributed by atoms with Crippen molar-refractivity contribution in [3.05, 3.63) is 65.7 Å². The van der Waals surface area contributed by atoms with Gasteiger partial charge in [-0.25, -0.2) is 0 Å². The number of aromatic nitrogens is 2. The van der Waals surface area contributed by atoms with E-state index < -0.39 is 0 Å². The van der Waals surface area contributed by atoms with Gasteiger partial charge in [-0.1, -0.05) is 11.2 Å². The molecule has 0 saturated heterocycles. The Balaban J connectivity index is 1.75. The molecule has 0 saturated carbocycles. The number of aryl methyl sites for hydroxylation is 1. The molecule has 7 nitrogen and oxygen atoms in total. The maximum atomic E-state index is 12.3. The van der Waals surface area contributed by atoms with Crippen LogP contribution in [0.15, 0.2) is 53.2 Å². The van der Waals surface area contributed by atoms with E-state index in [0.29, 0.717) is 28.5 Å². The third-order valence-electron chi connectivity index (χ3n) is 3.14. The SMILES string of the molecule is Cc1cc(Nc2ccnc(C(=O)Nc3cccc(C#N)c3)c2)no1. The summed E-state index contributed by atoms with van der Waals surface area (Å²) in [6, 6.07) is 13.8. The Morgan fingerprint density at radius 3 is 2.83 bits per heavy atom. The maximum absolute atomic E-state index is 12.3. The average molecular weight is 319 g/mol. The van der Waals surface area contributed by atoms with E-state index in [1.807, 2.05) is 6.07 Å². The molecule has 0 aliphatic heterocycles. The predicted molar refractivity (Wildman–Crippen MR) is 87.9 cm³/mol. The van der Waals surface area contributed by atoms with Gasteiger partial charge in [0.1, 0.15) is 11.5 Å². The zero-order valence-corrected chi connectivity index (χ0v) is 12.8. The summed E-state index contributed by atoms with van der Waals surface area (Å²) >= 11 is 0. The predicted octanol–water partition coefficient (Wildman–Crippen LogP) is 3.25. The van der Waals surface area contributed by atoms with E-state index in [4.69, 9.17) is 9.78 Å². The monoisotopic (exact) mass is 319 g/mol. The average Bonchev–Trinajstić information content (AvgIpc) is 3.00. The lowest BCUT2D eigenvalue weighted by Gasteiger charge is -2.07. The zero-order valence-electron chi connectivity index (χ0n) is 12.8. The molecule has 7 heteroatoms. The van der Waals surface area contributed by atoms with E-state index in [-0.39, 0.29) is 11.6 Å². The summed E-state index contributed by atoms with van der Waals surface area (Å²) in [5.74, 6) is 0.860. The zero-order chi connectivity index (χ0) is 16.9. The molecule has 0 bridgehead atoms. The fourth-order valence-electron chi connectivity index (χ4n) is 2.07. The standard InChI is InChI=1S/C17H13N5O2/c1-11-7-16(22-24-11)20-14-5-6-19-15(9-14)17(23)21-13-4-2-3-12(8-13)10-18/h2-9H,1H3,(H,21,23)(H,19,20,22). The van der Waals surface area contributed by atoms with Gasteiger partial charge in [0.2, 0.25) is 0 Å². The summed E-state index contributed by atoms with van der Waals surface area (Å²) in [7, 11) is 0. The quantitative estimate of drug-likeness (QED) is 0.765. The first-order valence-electron chi connectivity index (χ1n) is 7.12. The highest BCUT2D eigenvalue weighted by Gasteiger charge is 2.10. The summed E-state index contributed by atoms with van der Waals surface area (Å²) in [5.41, 5.74) is 1.90. The molecule has 3 aromatic rings. The molecule has 0 fully saturated rings. The van der Waals surface area contributed by atoms with Crippen molar-refractivity contribution in [3.63, 3.8) is 0 Å². The second-order valence-electron chi connectivity index (χ2n) is 5.02. The van der Waals surface area contributed by atoms with Gasteiger partial charge in [0.25, 0.3) is 5.91 Å². The summed E-state index contributed by atoms with van der Waals surface area (Å²) in [6.07, 6.45) is 1.52. The lowest BCUT2D eigenvalue weighted by Crippen LogP contribution is -2.13. The number of hydrogen-bond acceptors (Lipinski definition) is 6. The van der Waals surface area contributed by atoms with Crippen LogP contribution in [0.5, 0.6) is 0 Å². The van der Waals surface area contributed by atoms with E-state index in [1.54, 1.807) is 49.4 Å². The molecule has 2 heterocycles. The lowest BCUT2D eigenvalue weighted by molar-refractivity contribution is 0.102. The molecular formula is C17H13N5O2. The van der Waals surface area contributed by atoms with E-state index in [9.17, 15) is 4.79 Å². The van der Waals surface area contributed by atoms with Crippen LogP contribution in [0.2, 0.25) is 0 Å². The van der Waals surface area contributed by atoms with E-state index in [1.165, 1.54) is 6.20 Å². The third-order valence-corrected chi connectivity index (χ3v) is 3.14. The Morgan fingerprint density at radius 2 is 2.08 bits per heavy atom. The summed E-state index contributed by atoms with van der Waals surface area (Å²) in [5, 5.41) is 18.5. The minimum Gasteiger partial charge on any atom is -0.360 e. The minimum absolute atomic E-state index is 0.238. The molecule has 0 spiro atoms. The first-order chi connectivity index (χ1) is 11.6. The molecule has 2 N–H and O–H groups in total. The fourth-order valence-corrected chi connectivity index (χ4v) is 2.07.